The summed E-state index contributed by atoms with van der Waals surface area (Å²) in [5.74, 6) is 1.71. The first-order chi connectivity index (χ1) is 9.26. The second kappa shape index (κ2) is 5.85. The Morgan fingerprint density at radius 2 is 2.05 bits per heavy atom. The Labute approximate surface area is 121 Å². The lowest BCUT2D eigenvalue weighted by Gasteiger charge is -2.07. The Hall–Kier alpha value is -2.18. The molecule has 0 saturated heterocycles. The van der Waals surface area contributed by atoms with Gasteiger partial charge in [-0.25, -0.2) is 9.97 Å². The van der Waals surface area contributed by atoms with Crippen LogP contribution in [0.2, 0.25) is 0 Å². The Morgan fingerprint density at radius 3 is 2.75 bits per heavy atom. The van der Waals surface area contributed by atoms with Crippen molar-refractivity contribution in [3.8, 4) is 0 Å². The predicted octanol–water partition coefficient (Wildman–Crippen LogP) is 2.32. The highest BCUT2D eigenvalue weighted by Crippen LogP contribution is 2.23. The number of benzene rings is 1. The topological polar surface area (TPSA) is 86.7 Å². The van der Waals surface area contributed by atoms with Gasteiger partial charge >= 0.3 is 0 Å². The van der Waals surface area contributed by atoms with Crippen molar-refractivity contribution in [2.45, 2.75) is 13.5 Å². The monoisotopic (exact) mass is 291 g/mol. The van der Waals surface area contributed by atoms with Crippen molar-refractivity contribution >= 4 is 34.9 Å². The number of fused-ring (bicyclic) bond motifs is 1. The summed E-state index contributed by atoms with van der Waals surface area (Å²) in [7, 11) is 0. The molecule has 0 radical (unpaired) electrons. The zero-order valence-electron chi connectivity index (χ0n) is 10.8. The molecule has 104 valence electrons. The maximum absolute atomic E-state index is 9.22. The number of hydrogen-bond donors (Lipinski definition) is 3. The third-order valence-corrected chi connectivity index (χ3v) is 2.74. The molecule has 2 heterocycles. The van der Waals surface area contributed by atoms with Gasteiger partial charge in [-0.05, 0) is 19.1 Å². The van der Waals surface area contributed by atoms with Crippen molar-refractivity contribution in [1.82, 2.24) is 20.2 Å². The molecule has 0 atom stereocenters. The van der Waals surface area contributed by atoms with Gasteiger partial charge in [0.2, 0.25) is 0 Å². The maximum Gasteiger partial charge on any atom is 0.156 e. The third kappa shape index (κ3) is 2.71. The van der Waals surface area contributed by atoms with Crippen LogP contribution < -0.4 is 5.32 Å². The summed E-state index contributed by atoms with van der Waals surface area (Å²) < 4.78 is 0. The average Bonchev–Trinajstić information content (AvgIpc) is 2.84. The maximum atomic E-state index is 9.22. The van der Waals surface area contributed by atoms with E-state index >= 15 is 0 Å². The number of nitrogens with zero attached hydrogens (tertiary/aromatic N) is 3. The lowest BCUT2D eigenvalue weighted by molar-refractivity contribution is 0.272. The third-order valence-electron chi connectivity index (χ3n) is 2.74. The summed E-state index contributed by atoms with van der Waals surface area (Å²) in [4.78, 5) is 8.57. The van der Waals surface area contributed by atoms with Crippen LogP contribution in [0.3, 0.4) is 0 Å². The van der Waals surface area contributed by atoms with Crippen LogP contribution in [0.5, 0.6) is 0 Å². The molecule has 0 aliphatic heterocycles. The zero-order chi connectivity index (χ0) is 13.2. The molecule has 3 rings (SSSR count). The molecule has 0 aliphatic rings. The Bertz CT molecular complexity index is 728. The number of aliphatic hydroxyl groups is 1. The number of H-pyrrole nitrogens is 1. The summed E-state index contributed by atoms with van der Waals surface area (Å²) >= 11 is 0. The minimum Gasteiger partial charge on any atom is -0.388 e. The fourth-order valence-corrected chi connectivity index (χ4v) is 1.89. The van der Waals surface area contributed by atoms with E-state index < -0.39 is 0 Å². The lowest BCUT2D eigenvalue weighted by atomic mass is 10.2. The van der Waals surface area contributed by atoms with Gasteiger partial charge in [-0.2, -0.15) is 5.10 Å². The second-order valence-corrected chi connectivity index (χ2v) is 4.22. The fourth-order valence-electron chi connectivity index (χ4n) is 1.89. The summed E-state index contributed by atoms with van der Waals surface area (Å²) in [5.41, 5.74) is 1.75. The molecule has 6 nitrogen and oxygen atoms in total. The zero-order valence-corrected chi connectivity index (χ0v) is 11.6. The first-order valence-electron chi connectivity index (χ1n) is 5.92. The van der Waals surface area contributed by atoms with Crippen LogP contribution in [-0.2, 0) is 6.61 Å². The smallest absolute Gasteiger partial charge is 0.156 e. The van der Waals surface area contributed by atoms with E-state index in [2.05, 4.69) is 25.5 Å². The van der Waals surface area contributed by atoms with Gasteiger partial charge in [0, 0.05) is 17.1 Å². The van der Waals surface area contributed by atoms with Gasteiger partial charge in [0.05, 0.1) is 5.52 Å². The summed E-state index contributed by atoms with van der Waals surface area (Å²) in [6.45, 7) is 1.73. The van der Waals surface area contributed by atoms with Crippen LogP contribution in [-0.4, -0.2) is 25.3 Å². The molecule has 3 aromatic rings. The predicted molar refractivity (Wildman–Crippen MR) is 79.3 cm³/mol. The molecule has 3 N–H and O–H groups in total. The first kappa shape index (κ1) is 14.2. The summed E-state index contributed by atoms with van der Waals surface area (Å²) in [6, 6.07) is 9.52. The molecule has 20 heavy (non-hydrogen) atoms. The molecule has 0 unspecified atom stereocenters. The molecule has 0 aliphatic carbocycles. The van der Waals surface area contributed by atoms with E-state index in [-0.39, 0.29) is 19.0 Å². The molecule has 0 fully saturated rings. The number of aliphatic hydroxyl groups excluding tert-OH is 1. The Kier molecular flexibility index (Phi) is 4.16. The number of aryl methyl sites for hydroxylation is 1. The van der Waals surface area contributed by atoms with Crippen LogP contribution in [0.4, 0.5) is 11.6 Å². The van der Waals surface area contributed by atoms with Crippen LogP contribution in [0, 0.1) is 6.92 Å². The van der Waals surface area contributed by atoms with Gasteiger partial charge < -0.3 is 10.4 Å². The van der Waals surface area contributed by atoms with Crippen molar-refractivity contribution < 1.29 is 5.11 Å². The van der Waals surface area contributed by atoms with Crippen LogP contribution >= 0.6 is 12.4 Å². The quantitative estimate of drug-likeness (QED) is 0.689. The van der Waals surface area contributed by atoms with E-state index in [1.165, 1.54) is 0 Å². The minimum atomic E-state index is -0.195. The highest BCUT2D eigenvalue weighted by Gasteiger charge is 2.08. The molecule has 0 amide bonds. The second-order valence-electron chi connectivity index (χ2n) is 4.22. The van der Waals surface area contributed by atoms with E-state index in [9.17, 15) is 5.11 Å². The molecule has 0 spiro atoms. The Balaban J connectivity index is 0.00000147. The van der Waals surface area contributed by atoms with Gasteiger partial charge in [-0.1, -0.05) is 12.1 Å². The highest BCUT2D eigenvalue weighted by atomic mass is 35.5. The molecule has 1 aromatic carbocycles. The van der Waals surface area contributed by atoms with Crippen LogP contribution in [0.25, 0.3) is 10.9 Å². The molecule has 2 aromatic heterocycles. The van der Waals surface area contributed by atoms with Crippen molar-refractivity contribution in [2.75, 3.05) is 5.32 Å². The number of halogens is 1. The molecule has 7 heteroatoms. The summed E-state index contributed by atoms with van der Waals surface area (Å²) in [6.07, 6.45) is 0. The molecule has 0 bridgehead atoms. The van der Waals surface area contributed by atoms with Gasteiger partial charge in [0.15, 0.2) is 11.6 Å². The largest absolute Gasteiger partial charge is 0.388 e. The number of anilines is 2. The van der Waals surface area contributed by atoms with Gasteiger partial charge in [0.25, 0.3) is 0 Å². The SMILES string of the molecule is Cc1cc(Nc2nc(CO)nc3ccccc23)n[nH]1.Cl. The molecular formula is C13H14ClN5O. The first-order valence-corrected chi connectivity index (χ1v) is 5.92. The molecule has 0 saturated carbocycles. The Morgan fingerprint density at radius 1 is 1.25 bits per heavy atom. The number of para-hydroxylation sites is 1. The lowest BCUT2D eigenvalue weighted by Crippen LogP contribution is -2.01. The number of hydrogen-bond acceptors (Lipinski definition) is 5. The van der Waals surface area contributed by atoms with Crippen LogP contribution in [0.15, 0.2) is 30.3 Å². The minimum absolute atomic E-state index is 0. The van der Waals surface area contributed by atoms with Gasteiger partial charge in [-0.3, -0.25) is 5.10 Å². The molecular weight excluding hydrogens is 278 g/mol. The highest BCUT2D eigenvalue weighted by molar-refractivity contribution is 5.90. The number of aromatic nitrogens is 4. The van der Waals surface area contributed by atoms with E-state index in [0.717, 1.165) is 16.6 Å². The fraction of sp³-hybridized carbons (Fsp3) is 0.154. The average molecular weight is 292 g/mol. The van der Waals surface area contributed by atoms with E-state index in [0.29, 0.717) is 17.5 Å². The van der Waals surface area contributed by atoms with E-state index in [1.54, 1.807) is 0 Å². The normalized spacial score (nSPS) is 10.3. The number of aromatic amines is 1. The van der Waals surface area contributed by atoms with Crippen LogP contribution in [0.1, 0.15) is 11.5 Å². The van der Waals surface area contributed by atoms with Gasteiger partial charge in [0.1, 0.15) is 12.4 Å². The number of nitrogens with one attached hydrogen (secondary N) is 2. The van der Waals surface area contributed by atoms with Crippen molar-refractivity contribution in [3.63, 3.8) is 0 Å². The van der Waals surface area contributed by atoms with Crippen molar-refractivity contribution in [2.24, 2.45) is 0 Å². The van der Waals surface area contributed by atoms with E-state index in [4.69, 9.17) is 0 Å². The summed E-state index contributed by atoms with van der Waals surface area (Å²) in [5, 5.41) is 20.2. The number of rotatable bonds is 3. The van der Waals surface area contributed by atoms with E-state index in [1.807, 2.05) is 37.3 Å². The van der Waals surface area contributed by atoms with Crippen molar-refractivity contribution in [1.29, 1.82) is 0 Å². The standard InChI is InChI=1S/C13H13N5O.ClH/c1-8-6-11(18-17-8)15-13-9-4-2-3-5-10(9)14-12(7-19)16-13;/h2-6,19H,7H2,1H3,(H2,14,15,16,17,18);1H. The van der Waals surface area contributed by atoms with Gasteiger partial charge in [-0.15, -0.1) is 12.4 Å². The van der Waals surface area contributed by atoms with Crippen molar-refractivity contribution in [3.05, 3.63) is 41.9 Å².